The van der Waals surface area contributed by atoms with E-state index in [4.69, 9.17) is 0 Å². The molecule has 110 valence electrons. The van der Waals surface area contributed by atoms with Gasteiger partial charge in [0.1, 0.15) is 5.82 Å². The number of aryl methyl sites for hydroxylation is 1. The second kappa shape index (κ2) is 5.22. The van der Waals surface area contributed by atoms with E-state index >= 15 is 0 Å². The Balaban J connectivity index is 2.55. The molecule has 0 bridgehead atoms. The Bertz CT molecular complexity index is 711. The van der Waals surface area contributed by atoms with Gasteiger partial charge < -0.3 is 9.67 Å². The molecule has 1 aromatic carbocycles. The molecule has 1 N–H and O–H groups in total. The number of alkyl halides is 3. The molecule has 0 aliphatic carbocycles. The van der Waals surface area contributed by atoms with Crippen LogP contribution in [0.25, 0.3) is 0 Å². The lowest BCUT2D eigenvalue weighted by atomic mass is 10.0. The highest BCUT2D eigenvalue weighted by molar-refractivity contribution is 5.39. The first kappa shape index (κ1) is 15.1. The van der Waals surface area contributed by atoms with E-state index < -0.39 is 23.4 Å². The Kier molecular flexibility index (Phi) is 3.75. The van der Waals surface area contributed by atoms with Crippen LogP contribution in [0.3, 0.4) is 0 Å². The van der Waals surface area contributed by atoms with Gasteiger partial charge in [0.05, 0.1) is 5.56 Å². The van der Waals surface area contributed by atoms with E-state index in [0.717, 1.165) is 16.8 Å². The van der Waals surface area contributed by atoms with Crippen LogP contribution in [0.15, 0.2) is 36.7 Å². The summed E-state index contributed by atoms with van der Waals surface area (Å²) in [5, 5.41) is 9.94. The van der Waals surface area contributed by atoms with Gasteiger partial charge in [-0.3, -0.25) is 0 Å². The maximum Gasteiger partial charge on any atom is 0.436 e. The zero-order valence-corrected chi connectivity index (χ0v) is 10.8. The van der Waals surface area contributed by atoms with E-state index in [1.165, 1.54) is 31.4 Å². The smallest absolute Gasteiger partial charge is 0.364 e. The number of imidazole rings is 1. The van der Waals surface area contributed by atoms with E-state index in [2.05, 4.69) is 4.98 Å². The molecule has 3 nitrogen and oxygen atoms in total. The summed E-state index contributed by atoms with van der Waals surface area (Å²) in [4.78, 5) is 3.49. The summed E-state index contributed by atoms with van der Waals surface area (Å²) in [6.07, 6.45) is -2.72. The predicted octanol–water partition coefficient (Wildman–Crippen LogP) is 2.36. The van der Waals surface area contributed by atoms with E-state index in [1.807, 2.05) is 5.92 Å². The first-order valence-electron chi connectivity index (χ1n) is 5.80. The fourth-order valence-electron chi connectivity index (χ4n) is 1.69. The van der Waals surface area contributed by atoms with Crippen LogP contribution in [0.1, 0.15) is 11.4 Å². The molecular formula is C14H10F4N2O. The second-order valence-corrected chi connectivity index (χ2v) is 4.30. The summed E-state index contributed by atoms with van der Waals surface area (Å²) in [5.41, 5.74) is -3.72. The summed E-state index contributed by atoms with van der Waals surface area (Å²) in [5.74, 6) is 2.27. The van der Waals surface area contributed by atoms with Gasteiger partial charge >= 0.3 is 6.18 Å². The predicted molar refractivity (Wildman–Crippen MR) is 66.4 cm³/mol. The van der Waals surface area contributed by atoms with Gasteiger partial charge in [0.15, 0.2) is 5.82 Å². The van der Waals surface area contributed by atoms with Gasteiger partial charge in [-0.05, 0) is 18.1 Å². The number of benzene rings is 1. The third kappa shape index (κ3) is 2.76. The van der Waals surface area contributed by atoms with Crippen molar-refractivity contribution in [3.05, 3.63) is 53.9 Å². The fraction of sp³-hybridized carbons (Fsp3) is 0.214. The molecule has 0 saturated heterocycles. The van der Waals surface area contributed by atoms with E-state index in [0.29, 0.717) is 0 Å². The molecule has 0 aliphatic heterocycles. The lowest BCUT2D eigenvalue weighted by Gasteiger charge is -2.24. The van der Waals surface area contributed by atoms with Gasteiger partial charge in [0.25, 0.3) is 5.60 Å². The Hall–Kier alpha value is -2.33. The topological polar surface area (TPSA) is 38.0 Å². The third-order valence-electron chi connectivity index (χ3n) is 2.81. The van der Waals surface area contributed by atoms with Crippen LogP contribution in [-0.4, -0.2) is 20.8 Å². The molecule has 7 heteroatoms. The van der Waals surface area contributed by atoms with Crippen molar-refractivity contribution in [2.24, 2.45) is 7.05 Å². The van der Waals surface area contributed by atoms with Crippen LogP contribution < -0.4 is 0 Å². The minimum atomic E-state index is -5.08. The number of rotatable bonds is 1. The van der Waals surface area contributed by atoms with Crippen molar-refractivity contribution >= 4 is 0 Å². The summed E-state index contributed by atoms with van der Waals surface area (Å²) >= 11 is 0. The van der Waals surface area contributed by atoms with Gasteiger partial charge in [-0.25, -0.2) is 9.37 Å². The fourth-order valence-corrected chi connectivity index (χ4v) is 1.69. The number of aromatic nitrogens is 2. The molecule has 1 aromatic heterocycles. The van der Waals surface area contributed by atoms with E-state index in [1.54, 1.807) is 5.92 Å². The van der Waals surface area contributed by atoms with Crippen molar-refractivity contribution in [2.45, 2.75) is 11.8 Å². The molecule has 2 rings (SSSR count). The third-order valence-corrected chi connectivity index (χ3v) is 2.81. The molecule has 0 radical (unpaired) electrons. The highest BCUT2D eigenvalue weighted by Crippen LogP contribution is 2.37. The number of nitrogens with zero attached hydrogens (tertiary/aromatic N) is 2. The normalized spacial score (nSPS) is 14.2. The summed E-state index contributed by atoms with van der Waals surface area (Å²) in [7, 11) is 1.30. The zero-order chi connectivity index (χ0) is 15.7. The minimum absolute atomic E-state index is 0.241. The molecule has 0 aliphatic rings. The van der Waals surface area contributed by atoms with E-state index in [-0.39, 0.29) is 5.56 Å². The molecule has 0 fully saturated rings. The molecule has 0 amide bonds. The van der Waals surface area contributed by atoms with Crippen LogP contribution in [0.4, 0.5) is 17.6 Å². The van der Waals surface area contributed by atoms with Crippen LogP contribution in [0, 0.1) is 17.7 Å². The van der Waals surface area contributed by atoms with Gasteiger partial charge in [-0.2, -0.15) is 13.2 Å². The first-order chi connectivity index (χ1) is 9.75. The van der Waals surface area contributed by atoms with Crippen molar-refractivity contribution in [1.29, 1.82) is 0 Å². The molecule has 21 heavy (non-hydrogen) atoms. The summed E-state index contributed by atoms with van der Waals surface area (Å²) in [6.45, 7) is 0. The Morgan fingerprint density at radius 2 is 1.90 bits per heavy atom. The van der Waals surface area contributed by atoms with Crippen molar-refractivity contribution in [2.75, 3.05) is 0 Å². The number of halogens is 4. The average Bonchev–Trinajstić information content (AvgIpc) is 2.83. The summed E-state index contributed by atoms with van der Waals surface area (Å²) in [6, 6.07) is 5.10. The largest absolute Gasteiger partial charge is 0.436 e. The zero-order valence-electron chi connectivity index (χ0n) is 10.8. The molecular weight excluding hydrogens is 288 g/mol. The highest BCUT2D eigenvalue weighted by atomic mass is 19.4. The highest BCUT2D eigenvalue weighted by Gasteiger charge is 2.57. The van der Waals surface area contributed by atoms with Crippen LogP contribution in [0.2, 0.25) is 0 Å². The maximum atomic E-state index is 13.4. The van der Waals surface area contributed by atoms with Gasteiger partial charge in [0.2, 0.25) is 0 Å². The first-order valence-corrected chi connectivity index (χ1v) is 5.80. The SMILES string of the molecule is Cn1ccnc1C(O)(C#Cc1ccccc1F)C(F)(F)F. The average molecular weight is 298 g/mol. The van der Waals surface area contributed by atoms with Crippen LogP contribution >= 0.6 is 0 Å². The monoisotopic (exact) mass is 298 g/mol. The van der Waals surface area contributed by atoms with Gasteiger partial charge in [-0.1, -0.05) is 18.1 Å². The van der Waals surface area contributed by atoms with Crippen molar-refractivity contribution in [1.82, 2.24) is 9.55 Å². The molecule has 1 atom stereocenters. The lowest BCUT2D eigenvalue weighted by molar-refractivity contribution is -0.244. The Morgan fingerprint density at radius 1 is 1.24 bits per heavy atom. The second-order valence-electron chi connectivity index (χ2n) is 4.30. The van der Waals surface area contributed by atoms with E-state index in [9.17, 15) is 22.7 Å². The molecule has 0 saturated carbocycles. The molecule has 0 spiro atoms. The van der Waals surface area contributed by atoms with Crippen LogP contribution in [0.5, 0.6) is 0 Å². The van der Waals surface area contributed by atoms with Gasteiger partial charge in [0, 0.05) is 19.4 Å². The Labute approximate surface area is 117 Å². The standard InChI is InChI=1S/C14H10F4N2O/c1-20-9-8-19-12(20)13(21,14(16,17)18)7-6-10-4-2-3-5-11(10)15/h2-5,8-9,21H,1H3. The minimum Gasteiger partial charge on any atom is -0.364 e. The van der Waals surface area contributed by atoms with Crippen LogP contribution in [-0.2, 0) is 12.6 Å². The summed E-state index contributed by atoms with van der Waals surface area (Å²) < 4.78 is 53.9. The molecule has 2 aromatic rings. The number of hydrogen-bond donors (Lipinski definition) is 1. The molecule has 1 unspecified atom stereocenters. The maximum absolute atomic E-state index is 13.4. The lowest BCUT2D eigenvalue weighted by Crippen LogP contribution is -2.43. The van der Waals surface area contributed by atoms with Crippen molar-refractivity contribution in [3.63, 3.8) is 0 Å². The van der Waals surface area contributed by atoms with Crippen molar-refractivity contribution < 1.29 is 22.7 Å². The molecule has 1 heterocycles. The number of hydrogen-bond acceptors (Lipinski definition) is 2. The number of aliphatic hydroxyl groups is 1. The Morgan fingerprint density at radius 3 is 2.43 bits per heavy atom. The van der Waals surface area contributed by atoms with Gasteiger partial charge in [-0.15, -0.1) is 0 Å². The quantitative estimate of drug-likeness (QED) is 0.648. The van der Waals surface area contributed by atoms with Crippen molar-refractivity contribution in [3.8, 4) is 11.8 Å².